The van der Waals surface area contributed by atoms with E-state index in [1.807, 2.05) is 6.92 Å². The van der Waals surface area contributed by atoms with Gasteiger partial charge in [-0.2, -0.15) is 0 Å². The molecule has 1 aliphatic carbocycles. The zero-order valence-electron chi connectivity index (χ0n) is 10.5. The van der Waals surface area contributed by atoms with Crippen molar-refractivity contribution in [2.45, 2.75) is 32.6 Å². The maximum Gasteiger partial charge on any atom is 0.341 e. The highest BCUT2D eigenvalue weighted by Crippen LogP contribution is 2.37. The number of amides is 1. The van der Waals surface area contributed by atoms with Crippen LogP contribution in [-0.4, -0.2) is 21.1 Å². The highest BCUT2D eigenvalue weighted by Gasteiger charge is 2.20. The molecule has 3 N–H and O–H groups in total. The first-order chi connectivity index (χ1) is 9.15. The molecule has 0 radical (unpaired) electrons. The van der Waals surface area contributed by atoms with E-state index in [0.29, 0.717) is 0 Å². The van der Waals surface area contributed by atoms with Crippen molar-refractivity contribution in [2.24, 2.45) is 0 Å². The van der Waals surface area contributed by atoms with E-state index in [1.54, 1.807) is 11.3 Å². The van der Waals surface area contributed by atoms with Crippen molar-refractivity contribution in [3.63, 3.8) is 0 Å². The van der Waals surface area contributed by atoms with Gasteiger partial charge in [-0.05, 0) is 43.7 Å². The Morgan fingerprint density at radius 1 is 1.37 bits per heavy atom. The van der Waals surface area contributed by atoms with Crippen molar-refractivity contribution in [2.75, 3.05) is 5.32 Å². The van der Waals surface area contributed by atoms with Crippen LogP contribution in [0.2, 0.25) is 0 Å². The molecule has 19 heavy (non-hydrogen) atoms. The summed E-state index contributed by atoms with van der Waals surface area (Å²) in [5, 5.41) is 9.49. The molecule has 100 valence electrons. The summed E-state index contributed by atoms with van der Waals surface area (Å²) in [5.41, 5.74) is 2.04. The maximum absolute atomic E-state index is 11.9. The highest BCUT2D eigenvalue weighted by atomic mass is 32.1. The molecule has 3 rings (SSSR count). The van der Waals surface area contributed by atoms with Gasteiger partial charge in [0.25, 0.3) is 5.91 Å². The third kappa shape index (κ3) is 2.21. The summed E-state index contributed by atoms with van der Waals surface area (Å²) in [7, 11) is 0. The monoisotopic (exact) mass is 278 g/mol. The molecule has 1 amide bonds. The lowest BCUT2D eigenvalue weighted by Crippen LogP contribution is -2.14. The van der Waals surface area contributed by atoms with Crippen molar-refractivity contribution in [3.8, 4) is 0 Å². The molecule has 0 unspecified atom stereocenters. The molecule has 0 atom stereocenters. The van der Waals surface area contributed by atoms with Gasteiger partial charge < -0.3 is 5.32 Å². The molecule has 0 aromatic carbocycles. The molecule has 6 nitrogen and oxygen atoms in total. The largest absolute Gasteiger partial charge is 0.341 e. The fraction of sp³-hybridized carbons (Fsp3) is 0.417. The Kier molecular flexibility index (Phi) is 2.98. The van der Waals surface area contributed by atoms with Crippen LogP contribution in [-0.2, 0) is 12.8 Å². The molecule has 1 aliphatic rings. The van der Waals surface area contributed by atoms with Crippen LogP contribution in [0.4, 0.5) is 5.00 Å². The predicted molar refractivity (Wildman–Crippen MR) is 72.9 cm³/mol. The minimum absolute atomic E-state index is 0.00997. The molecule has 0 bridgehead atoms. The molecule has 0 spiro atoms. The van der Waals surface area contributed by atoms with E-state index >= 15 is 0 Å². The third-order valence-electron chi connectivity index (χ3n) is 3.38. The maximum atomic E-state index is 11.9. The van der Waals surface area contributed by atoms with Crippen LogP contribution in [0.3, 0.4) is 0 Å². The highest BCUT2D eigenvalue weighted by molar-refractivity contribution is 7.16. The van der Waals surface area contributed by atoms with Crippen molar-refractivity contribution in [1.82, 2.24) is 15.2 Å². The summed E-state index contributed by atoms with van der Waals surface area (Å²) in [5.74, 6) is -0.379. The van der Waals surface area contributed by atoms with Crippen LogP contribution in [0.15, 0.2) is 4.79 Å². The van der Waals surface area contributed by atoms with Crippen molar-refractivity contribution >= 4 is 22.2 Å². The van der Waals surface area contributed by atoms with Gasteiger partial charge in [-0.3, -0.25) is 9.78 Å². The Labute approximate surface area is 113 Å². The zero-order chi connectivity index (χ0) is 13.4. The number of aromatic nitrogens is 3. The normalized spacial score (nSPS) is 14.2. The van der Waals surface area contributed by atoms with Gasteiger partial charge in [0.1, 0.15) is 0 Å². The van der Waals surface area contributed by atoms with Gasteiger partial charge in [0, 0.05) is 4.88 Å². The zero-order valence-corrected chi connectivity index (χ0v) is 11.3. The Hall–Kier alpha value is -1.89. The lowest BCUT2D eigenvalue weighted by Gasteiger charge is -2.10. The van der Waals surface area contributed by atoms with Crippen LogP contribution < -0.4 is 11.0 Å². The Morgan fingerprint density at radius 2 is 2.16 bits per heavy atom. The second-order valence-corrected chi connectivity index (χ2v) is 5.75. The van der Waals surface area contributed by atoms with E-state index in [9.17, 15) is 9.59 Å². The molecule has 7 heteroatoms. The number of hydrogen-bond donors (Lipinski definition) is 3. The molecule has 2 aromatic rings. The Balaban J connectivity index is 1.85. The first-order valence-electron chi connectivity index (χ1n) is 6.22. The molecule has 0 fully saturated rings. The molecular formula is C12H14N4O2S. The number of rotatable bonds is 2. The van der Waals surface area contributed by atoms with Crippen molar-refractivity contribution in [3.05, 3.63) is 32.3 Å². The van der Waals surface area contributed by atoms with Gasteiger partial charge in [0.2, 0.25) is 5.82 Å². The number of carbonyl (C=O) groups excluding carboxylic acids is 1. The van der Waals surface area contributed by atoms with Crippen molar-refractivity contribution < 1.29 is 4.79 Å². The van der Waals surface area contributed by atoms with Gasteiger partial charge in [-0.15, -0.1) is 16.4 Å². The first-order valence-corrected chi connectivity index (χ1v) is 7.04. The summed E-state index contributed by atoms with van der Waals surface area (Å²) >= 11 is 1.63. The van der Waals surface area contributed by atoms with E-state index < -0.39 is 5.69 Å². The quantitative estimate of drug-likeness (QED) is 0.779. The molecule has 0 saturated carbocycles. The lowest BCUT2D eigenvalue weighted by atomic mass is 9.96. The minimum Gasteiger partial charge on any atom is -0.311 e. The fourth-order valence-corrected chi connectivity index (χ4v) is 3.67. The van der Waals surface area contributed by atoms with Gasteiger partial charge in [-0.1, -0.05) is 0 Å². The summed E-state index contributed by atoms with van der Waals surface area (Å²) in [6.45, 7) is 2.03. The van der Waals surface area contributed by atoms with E-state index in [2.05, 4.69) is 20.5 Å². The number of thiophene rings is 1. The number of hydrogen-bond acceptors (Lipinski definition) is 4. The van der Waals surface area contributed by atoms with E-state index in [4.69, 9.17) is 0 Å². The molecule has 2 aromatic heterocycles. The van der Waals surface area contributed by atoms with Crippen LogP contribution in [0, 0.1) is 6.92 Å². The second-order valence-electron chi connectivity index (χ2n) is 4.65. The van der Waals surface area contributed by atoms with Gasteiger partial charge >= 0.3 is 5.69 Å². The van der Waals surface area contributed by atoms with E-state index in [0.717, 1.165) is 23.4 Å². The summed E-state index contributed by atoms with van der Waals surface area (Å²) in [6.07, 6.45) is 4.61. The second kappa shape index (κ2) is 4.65. The molecule has 0 saturated heterocycles. The number of fused-ring (bicyclic) bond motifs is 1. The van der Waals surface area contributed by atoms with E-state index in [-0.39, 0.29) is 11.7 Å². The first kappa shape index (κ1) is 12.2. The number of nitrogens with zero attached hydrogens (tertiary/aromatic N) is 1. The van der Waals surface area contributed by atoms with Crippen molar-refractivity contribution in [1.29, 1.82) is 0 Å². The number of carbonyl (C=O) groups is 1. The fourth-order valence-electron chi connectivity index (χ4n) is 2.38. The van der Waals surface area contributed by atoms with E-state index in [1.165, 1.54) is 23.3 Å². The summed E-state index contributed by atoms with van der Waals surface area (Å²) in [4.78, 5) is 26.6. The Bertz CT molecular complexity index is 682. The number of anilines is 1. The average Bonchev–Trinajstić information content (AvgIpc) is 2.96. The molecule has 2 heterocycles. The van der Waals surface area contributed by atoms with Gasteiger partial charge in [0.05, 0.1) is 5.00 Å². The standard InChI is InChI=1S/C12H14N4O2S/c1-6-7-4-2-3-5-8(7)19-11(6)14-10(17)9-13-12(18)16-15-9/h2-5H2,1H3,(H,14,17)(H2,13,15,16,18). The minimum atomic E-state index is -0.479. The third-order valence-corrected chi connectivity index (χ3v) is 4.69. The predicted octanol–water partition coefficient (Wildman–Crippen LogP) is 1.60. The van der Waals surface area contributed by atoms with Gasteiger partial charge in [0.15, 0.2) is 0 Å². The number of nitrogens with one attached hydrogen (secondary N) is 3. The SMILES string of the molecule is Cc1c(NC(=O)c2n[nH]c(=O)[nH]2)sc2c1CCCC2. The number of H-pyrrole nitrogens is 2. The lowest BCUT2D eigenvalue weighted by molar-refractivity contribution is 0.101. The summed E-state index contributed by atoms with van der Waals surface area (Å²) in [6, 6.07) is 0. The number of aromatic amines is 2. The smallest absolute Gasteiger partial charge is 0.311 e. The van der Waals surface area contributed by atoms with Crippen LogP contribution in [0.25, 0.3) is 0 Å². The van der Waals surface area contributed by atoms with Crippen LogP contribution >= 0.6 is 11.3 Å². The molecular weight excluding hydrogens is 264 g/mol. The van der Waals surface area contributed by atoms with Crippen LogP contribution in [0.1, 0.15) is 39.5 Å². The number of aryl methyl sites for hydroxylation is 1. The Morgan fingerprint density at radius 3 is 2.84 bits per heavy atom. The topological polar surface area (TPSA) is 90.6 Å². The van der Waals surface area contributed by atoms with Crippen LogP contribution in [0.5, 0.6) is 0 Å². The van der Waals surface area contributed by atoms with Gasteiger partial charge in [-0.25, -0.2) is 9.89 Å². The average molecular weight is 278 g/mol. The molecule has 0 aliphatic heterocycles. The summed E-state index contributed by atoms with van der Waals surface area (Å²) < 4.78 is 0.